The first kappa shape index (κ1) is 20.0. The van der Waals surface area contributed by atoms with Crippen LogP contribution in [0.2, 0.25) is 0 Å². The van der Waals surface area contributed by atoms with Crippen molar-refractivity contribution in [3.63, 3.8) is 0 Å². The molecule has 0 unspecified atom stereocenters. The Morgan fingerprint density at radius 3 is 2.46 bits per heavy atom. The van der Waals surface area contributed by atoms with Crippen LogP contribution in [0.5, 0.6) is 0 Å². The second-order valence-electron chi connectivity index (χ2n) is 7.08. The maximum atomic E-state index is 12.6. The second-order valence-corrected chi connectivity index (χ2v) is 7.08. The van der Waals surface area contributed by atoms with Crippen LogP contribution in [0.3, 0.4) is 0 Å². The molecule has 2 N–H and O–H groups in total. The fourth-order valence-corrected chi connectivity index (χ4v) is 2.23. The number of nitrogens with one attached hydrogen (secondary N) is 2. The van der Waals surface area contributed by atoms with Crippen molar-refractivity contribution in [2.45, 2.75) is 72.4 Å². The summed E-state index contributed by atoms with van der Waals surface area (Å²) in [5, 5.41) is 5.61. The average molecular weight is 334 g/mol. The van der Waals surface area contributed by atoms with E-state index in [2.05, 4.69) is 10.6 Å². The number of hydrogen-bond donors (Lipinski definition) is 2. The SMILES string of the molecule is CCCC[C@H](NC(=O)OC(C)(C)C)C(=O)Nc1cccc(C)c1C. The predicted molar refractivity (Wildman–Crippen MR) is 97.2 cm³/mol. The maximum absolute atomic E-state index is 12.6. The van der Waals surface area contributed by atoms with Crippen molar-refractivity contribution in [1.82, 2.24) is 5.32 Å². The minimum Gasteiger partial charge on any atom is -0.444 e. The molecule has 1 aromatic carbocycles. The van der Waals surface area contributed by atoms with E-state index < -0.39 is 17.7 Å². The van der Waals surface area contributed by atoms with Gasteiger partial charge in [-0.1, -0.05) is 31.9 Å². The fourth-order valence-electron chi connectivity index (χ4n) is 2.23. The van der Waals surface area contributed by atoms with Gasteiger partial charge in [0.25, 0.3) is 0 Å². The summed E-state index contributed by atoms with van der Waals surface area (Å²) in [5.74, 6) is -0.219. The average Bonchev–Trinajstić information content (AvgIpc) is 2.46. The number of aryl methyl sites for hydroxylation is 1. The third-order valence-electron chi connectivity index (χ3n) is 3.72. The van der Waals surface area contributed by atoms with E-state index in [0.717, 1.165) is 29.7 Å². The van der Waals surface area contributed by atoms with Gasteiger partial charge in [0.15, 0.2) is 0 Å². The molecule has 0 saturated carbocycles. The van der Waals surface area contributed by atoms with E-state index in [1.807, 2.05) is 39.0 Å². The number of amides is 2. The molecule has 134 valence electrons. The molecule has 0 heterocycles. The molecule has 0 spiro atoms. The number of carbonyl (C=O) groups excluding carboxylic acids is 2. The fraction of sp³-hybridized carbons (Fsp3) is 0.579. The van der Waals surface area contributed by atoms with E-state index in [0.29, 0.717) is 6.42 Å². The molecule has 0 bridgehead atoms. The van der Waals surface area contributed by atoms with Gasteiger partial charge in [0.05, 0.1) is 0 Å². The van der Waals surface area contributed by atoms with Crippen molar-refractivity contribution in [2.24, 2.45) is 0 Å². The summed E-state index contributed by atoms with van der Waals surface area (Å²) >= 11 is 0. The lowest BCUT2D eigenvalue weighted by Crippen LogP contribution is -2.45. The summed E-state index contributed by atoms with van der Waals surface area (Å²) in [6, 6.07) is 5.16. The highest BCUT2D eigenvalue weighted by molar-refractivity contribution is 5.97. The summed E-state index contributed by atoms with van der Waals surface area (Å²) in [6.07, 6.45) is 1.80. The monoisotopic (exact) mass is 334 g/mol. The third kappa shape index (κ3) is 6.60. The summed E-state index contributed by atoms with van der Waals surface area (Å²) in [6.45, 7) is 11.4. The molecule has 0 aliphatic heterocycles. The topological polar surface area (TPSA) is 67.4 Å². The molecule has 24 heavy (non-hydrogen) atoms. The number of hydrogen-bond acceptors (Lipinski definition) is 3. The van der Waals surface area contributed by atoms with Crippen LogP contribution >= 0.6 is 0 Å². The Balaban J connectivity index is 2.81. The quantitative estimate of drug-likeness (QED) is 0.814. The minimum absolute atomic E-state index is 0.219. The Hall–Kier alpha value is -2.04. The Morgan fingerprint density at radius 1 is 1.21 bits per heavy atom. The summed E-state index contributed by atoms with van der Waals surface area (Å²) in [4.78, 5) is 24.6. The molecular weight excluding hydrogens is 304 g/mol. The van der Waals surface area contributed by atoms with E-state index in [-0.39, 0.29) is 5.91 Å². The maximum Gasteiger partial charge on any atom is 0.408 e. The van der Waals surface area contributed by atoms with Crippen molar-refractivity contribution in [2.75, 3.05) is 5.32 Å². The minimum atomic E-state index is -0.611. The number of ether oxygens (including phenoxy) is 1. The van der Waals surface area contributed by atoms with Gasteiger partial charge >= 0.3 is 6.09 Å². The van der Waals surface area contributed by atoms with Crippen LogP contribution in [0.25, 0.3) is 0 Å². The molecule has 2 amide bonds. The molecule has 0 aliphatic carbocycles. The molecule has 0 aromatic heterocycles. The zero-order valence-electron chi connectivity index (χ0n) is 15.7. The van der Waals surface area contributed by atoms with Crippen LogP contribution in [0.15, 0.2) is 18.2 Å². The largest absolute Gasteiger partial charge is 0.444 e. The first-order chi connectivity index (χ1) is 11.1. The normalized spacial score (nSPS) is 12.4. The van der Waals surface area contributed by atoms with Crippen LogP contribution < -0.4 is 10.6 Å². The van der Waals surface area contributed by atoms with Gasteiger partial charge in [-0.3, -0.25) is 4.79 Å². The zero-order valence-corrected chi connectivity index (χ0v) is 15.7. The number of anilines is 1. The van der Waals surface area contributed by atoms with Crippen LogP contribution in [0.1, 0.15) is 58.1 Å². The Kier molecular flexibility index (Phi) is 7.26. The standard InChI is InChI=1S/C19H30N2O3/c1-7-8-11-16(21-18(23)24-19(4,5)6)17(22)20-15-12-9-10-13(2)14(15)3/h9-10,12,16H,7-8,11H2,1-6H3,(H,20,22)(H,21,23)/t16-/m0/s1. The lowest BCUT2D eigenvalue weighted by Gasteiger charge is -2.23. The van der Waals surface area contributed by atoms with Crippen LogP contribution in [-0.2, 0) is 9.53 Å². The van der Waals surface area contributed by atoms with Crippen molar-refractivity contribution in [3.05, 3.63) is 29.3 Å². The van der Waals surface area contributed by atoms with Gasteiger partial charge in [-0.15, -0.1) is 0 Å². The number of alkyl carbamates (subject to hydrolysis) is 1. The number of benzene rings is 1. The van der Waals surface area contributed by atoms with Gasteiger partial charge in [-0.2, -0.15) is 0 Å². The summed E-state index contributed by atoms with van der Waals surface area (Å²) in [5.41, 5.74) is 2.31. The van der Waals surface area contributed by atoms with Crippen LogP contribution in [0.4, 0.5) is 10.5 Å². The molecule has 1 rings (SSSR count). The predicted octanol–water partition coefficient (Wildman–Crippen LogP) is 4.33. The highest BCUT2D eigenvalue weighted by atomic mass is 16.6. The highest BCUT2D eigenvalue weighted by Crippen LogP contribution is 2.18. The molecule has 0 saturated heterocycles. The van der Waals surface area contributed by atoms with Gasteiger partial charge in [0.2, 0.25) is 5.91 Å². The summed E-state index contributed by atoms with van der Waals surface area (Å²) in [7, 11) is 0. The number of rotatable bonds is 6. The lowest BCUT2D eigenvalue weighted by molar-refractivity contribution is -0.118. The van der Waals surface area contributed by atoms with Crippen LogP contribution in [-0.4, -0.2) is 23.6 Å². The van der Waals surface area contributed by atoms with Gasteiger partial charge in [-0.25, -0.2) is 4.79 Å². The van der Waals surface area contributed by atoms with Gasteiger partial charge in [-0.05, 0) is 58.2 Å². The third-order valence-corrected chi connectivity index (χ3v) is 3.72. The molecule has 1 aromatic rings. The highest BCUT2D eigenvalue weighted by Gasteiger charge is 2.24. The Morgan fingerprint density at radius 2 is 1.88 bits per heavy atom. The zero-order chi connectivity index (χ0) is 18.3. The Bertz CT molecular complexity index is 576. The molecular formula is C19H30N2O3. The van der Waals surface area contributed by atoms with E-state index in [9.17, 15) is 9.59 Å². The number of carbonyl (C=O) groups is 2. The second kappa shape index (κ2) is 8.71. The van der Waals surface area contributed by atoms with Gasteiger partial charge in [0.1, 0.15) is 11.6 Å². The summed E-state index contributed by atoms with van der Waals surface area (Å²) < 4.78 is 5.26. The van der Waals surface area contributed by atoms with Gasteiger partial charge < -0.3 is 15.4 Å². The molecule has 0 fully saturated rings. The van der Waals surface area contributed by atoms with E-state index in [1.165, 1.54) is 0 Å². The first-order valence-electron chi connectivity index (χ1n) is 8.50. The van der Waals surface area contributed by atoms with E-state index in [4.69, 9.17) is 4.74 Å². The van der Waals surface area contributed by atoms with E-state index in [1.54, 1.807) is 20.8 Å². The smallest absolute Gasteiger partial charge is 0.408 e. The molecule has 1 atom stereocenters. The molecule has 5 heteroatoms. The molecule has 0 aliphatic rings. The van der Waals surface area contributed by atoms with E-state index >= 15 is 0 Å². The van der Waals surface area contributed by atoms with Crippen LogP contribution in [0, 0.1) is 13.8 Å². The van der Waals surface area contributed by atoms with Crippen molar-refractivity contribution < 1.29 is 14.3 Å². The molecule has 5 nitrogen and oxygen atoms in total. The van der Waals surface area contributed by atoms with Crippen molar-refractivity contribution in [1.29, 1.82) is 0 Å². The van der Waals surface area contributed by atoms with Crippen molar-refractivity contribution >= 4 is 17.7 Å². The number of unbranched alkanes of at least 4 members (excludes halogenated alkanes) is 1. The van der Waals surface area contributed by atoms with Crippen molar-refractivity contribution in [3.8, 4) is 0 Å². The molecule has 0 radical (unpaired) electrons. The lowest BCUT2D eigenvalue weighted by atomic mass is 10.1. The Labute approximate surface area is 145 Å². The first-order valence-corrected chi connectivity index (χ1v) is 8.50. The van der Waals surface area contributed by atoms with Gasteiger partial charge in [0, 0.05) is 5.69 Å².